The van der Waals surface area contributed by atoms with Crippen LogP contribution in [0, 0.1) is 0 Å². The number of aromatic nitrogens is 1. The number of aryl methyl sites for hydroxylation is 1. The predicted molar refractivity (Wildman–Crippen MR) is 109 cm³/mol. The molecule has 2 aromatic rings. The summed E-state index contributed by atoms with van der Waals surface area (Å²) in [5.74, 6) is -0.228. The Hall–Kier alpha value is -1.97. The van der Waals surface area contributed by atoms with Crippen molar-refractivity contribution in [3.05, 3.63) is 45.0 Å². The fraction of sp³-hybridized carbons (Fsp3) is 0.474. The Morgan fingerprint density at radius 1 is 1.25 bits per heavy atom. The third kappa shape index (κ3) is 3.54. The summed E-state index contributed by atoms with van der Waals surface area (Å²) in [5.41, 5.74) is 1.76. The molecule has 28 heavy (non-hydrogen) atoms. The number of piperidine rings is 1. The Morgan fingerprint density at radius 2 is 1.93 bits per heavy atom. The van der Waals surface area contributed by atoms with Crippen LogP contribution < -0.4 is 10.9 Å². The van der Waals surface area contributed by atoms with Crippen LogP contribution in [0.3, 0.4) is 0 Å². The van der Waals surface area contributed by atoms with E-state index in [0.717, 1.165) is 18.4 Å². The highest BCUT2D eigenvalue weighted by Gasteiger charge is 2.45. The first-order chi connectivity index (χ1) is 13.2. The van der Waals surface area contributed by atoms with Gasteiger partial charge in [-0.1, -0.05) is 0 Å². The SMILES string of the molecule is Cn1cc(C(=O)NC2CC3CCC(C2)N3S(C)(=O)=O)c(-c2ccsc2)cc1=O. The van der Waals surface area contributed by atoms with E-state index in [1.807, 2.05) is 16.8 Å². The lowest BCUT2D eigenvalue weighted by Crippen LogP contribution is -2.52. The smallest absolute Gasteiger partial charge is 0.253 e. The number of sulfonamides is 1. The third-order valence-electron chi connectivity index (χ3n) is 5.69. The lowest BCUT2D eigenvalue weighted by atomic mass is 9.98. The molecule has 0 saturated carbocycles. The standard InChI is InChI=1S/C19H23N3O4S2/c1-21-10-17(16(9-18(21)23)12-5-6-27-11-12)19(24)20-13-7-14-3-4-15(8-13)22(14)28(2,25)26/h5-6,9-11,13-15H,3-4,7-8H2,1-2H3,(H,20,24). The van der Waals surface area contributed by atoms with Crippen molar-refractivity contribution >= 4 is 27.3 Å². The average Bonchev–Trinajstić information content (AvgIpc) is 3.23. The van der Waals surface area contributed by atoms with Crippen molar-refractivity contribution < 1.29 is 13.2 Å². The van der Waals surface area contributed by atoms with Gasteiger partial charge in [0.1, 0.15) is 0 Å². The van der Waals surface area contributed by atoms with E-state index in [-0.39, 0.29) is 29.6 Å². The lowest BCUT2D eigenvalue weighted by molar-refractivity contribution is 0.0909. The van der Waals surface area contributed by atoms with Gasteiger partial charge in [-0.25, -0.2) is 8.42 Å². The maximum atomic E-state index is 13.0. The molecule has 4 heterocycles. The maximum absolute atomic E-state index is 13.0. The number of carbonyl (C=O) groups excluding carboxylic acids is 1. The summed E-state index contributed by atoms with van der Waals surface area (Å²) in [4.78, 5) is 25.1. The molecule has 0 aromatic carbocycles. The van der Waals surface area contributed by atoms with E-state index >= 15 is 0 Å². The van der Waals surface area contributed by atoms with Gasteiger partial charge in [-0.2, -0.15) is 15.6 Å². The second kappa shape index (κ2) is 7.13. The molecule has 2 saturated heterocycles. The number of rotatable bonds is 4. The number of hydrogen-bond acceptors (Lipinski definition) is 5. The fourth-order valence-electron chi connectivity index (χ4n) is 4.52. The Balaban J connectivity index is 1.57. The van der Waals surface area contributed by atoms with Crippen molar-refractivity contribution in [2.45, 2.75) is 43.8 Å². The summed E-state index contributed by atoms with van der Waals surface area (Å²) < 4.78 is 27.1. The number of carbonyl (C=O) groups is 1. The van der Waals surface area contributed by atoms with E-state index in [1.165, 1.54) is 28.2 Å². The van der Waals surface area contributed by atoms with E-state index in [4.69, 9.17) is 0 Å². The molecule has 2 bridgehead atoms. The molecule has 2 fully saturated rings. The third-order valence-corrected chi connectivity index (χ3v) is 7.73. The first kappa shape index (κ1) is 19.4. The molecule has 1 amide bonds. The van der Waals surface area contributed by atoms with E-state index in [2.05, 4.69) is 5.32 Å². The number of pyridine rings is 1. The minimum Gasteiger partial charge on any atom is -0.349 e. The average molecular weight is 422 g/mol. The fourth-order valence-corrected chi connectivity index (χ4v) is 6.65. The molecule has 0 radical (unpaired) electrons. The van der Waals surface area contributed by atoms with Crippen LogP contribution in [0.25, 0.3) is 11.1 Å². The summed E-state index contributed by atoms with van der Waals surface area (Å²) >= 11 is 1.51. The number of nitrogens with zero attached hydrogens (tertiary/aromatic N) is 2. The molecule has 1 N–H and O–H groups in total. The second-order valence-corrected chi connectivity index (χ2v) is 10.3. The maximum Gasteiger partial charge on any atom is 0.253 e. The zero-order chi connectivity index (χ0) is 20.1. The summed E-state index contributed by atoms with van der Waals surface area (Å²) in [6, 6.07) is 3.22. The molecule has 7 nitrogen and oxygen atoms in total. The number of nitrogens with one attached hydrogen (secondary N) is 1. The first-order valence-electron chi connectivity index (χ1n) is 9.26. The summed E-state index contributed by atoms with van der Waals surface area (Å²) in [5, 5.41) is 6.91. The van der Waals surface area contributed by atoms with Crippen LogP contribution in [0.5, 0.6) is 0 Å². The van der Waals surface area contributed by atoms with Crippen molar-refractivity contribution in [3.63, 3.8) is 0 Å². The van der Waals surface area contributed by atoms with Crippen LogP contribution in [0.4, 0.5) is 0 Å². The van der Waals surface area contributed by atoms with Crippen LogP contribution in [-0.2, 0) is 17.1 Å². The highest BCUT2D eigenvalue weighted by Crippen LogP contribution is 2.37. The summed E-state index contributed by atoms with van der Waals surface area (Å²) in [6.45, 7) is 0. The van der Waals surface area contributed by atoms with Crippen LogP contribution in [0.2, 0.25) is 0 Å². The van der Waals surface area contributed by atoms with Gasteiger partial charge in [0.2, 0.25) is 10.0 Å². The number of hydrogen-bond donors (Lipinski definition) is 1. The molecule has 2 aromatic heterocycles. The molecule has 4 rings (SSSR count). The molecule has 0 aliphatic carbocycles. The summed E-state index contributed by atoms with van der Waals surface area (Å²) in [6.07, 6.45) is 5.75. The van der Waals surface area contributed by atoms with Crippen LogP contribution >= 0.6 is 11.3 Å². The van der Waals surface area contributed by atoms with Crippen LogP contribution in [0.1, 0.15) is 36.0 Å². The molecule has 150 valence electrons. The minimum absolute atomic E-state index is 0.0458. The Labute approximate surface area is 168 Å². The summed E-state index contributed by atoms with van der Waals surface area (Å²) in [7, 11) is -1.60. The molecular formula is C19H23N3O4S2. The molecular weight excluding hydrogens is 398 g/mol. The normalized spacial score (nSPS) is 25.0. The largest absolute Gasteiger partial charge is 0.349 e. The Kier molecular flexibility index (Phi) is 4.93. The Morgan fingerprint density at radius 3 is 2.50 bits per heavy atom. The van der Waals surface area contributed by atoms with Gasteiger partial charge in [-0.3, -0.25) is 9.59 Å². The second-order valence-electron chi connectivity index (χ2n) is 7.68. The van der Waals surface area contributed by atoms with Gasteiger partial charge in [0.15, 0.2) is 0 Å². The van der Waals surface area contributed by atoms with E-state index in [9.17, 15) is 18.0 Å². The molecule has 0 spiro atoms. The van der Waals surface area contributed by atoms with Crippen molar-refractivity contribution in [2.24, 2.45) is 7.05 Å². The molecule has 2 atom stereocenters. The van der Waals surface area contributed by atoms with Gasteiger partial charge in [0, 0.05) is 43.0 Å². The van der Waals surface area contributed by atoms with Gasteiger partial charge in [-0.15, -0.1) is 0 Å². The van der Waals surface area contributed by atoms with Gasteiger partial charge in [0.25, 0.3) is 11.5 Å². The van der Waals surface area contributed by atoms with Gasteiger partial charge in [-0.05, 0) is 48.1 Å². The number of thiophene rings is 1. The molecule has 2 aliphatic rings. The van der Waals surface area contributed by atoms with E-state index in [0.29, 0.717) is 24.0 Å². The van der Waals surface area contributed by atoms with Gasteiger partial charge in [0.05, 0.1) is 11.8 Å². The highest BCUT2D eigenvalue weighted by atomic mass is 32.2. The Bertz CT molecular complexity index is 1050. The van der Waals surface area contributed by atoms with Crippen molar-refractivity contribution in [1.82, 2.24) is 14.2 Å². The number of fused-ring (bicyclic) bond motifs is 2. The minimum atomic E-state index is -3.23. The highest BCUT2D eigenvalue weighted by molar-refractivity contribution is 7.88. The van der Waals surface area contributed by atoms with Gasteiger partial charge >= 0.3 is 0 Å². The zero-order valence-electron chi connectivity index (χ0n) is 15.8. The van der Waals surface area contributed by atoms with Crippen molar-refractivity contribution in [2.75, 3.05) is 6.26 Å². The molecule has 2 aliphatic heterocycles. The van der Waals surface area contributed by atoms with E-state index in [1.54, 1.807) is 17.5 Å². The van der Waals surface area contributed by atoms with Crippen molar-refractivity contribution in [3.8, 4) is 11.1 Å². The van der Waals surface area contributed by atoms with Crippen LogP contribution in [-0.4, -0.2) is 47.6 Å². The molecule has 9 heteroatoms. The van der Waals surface area contributed by atoms with Crippen molar-refractivity contribution in [1.29, 1.82) is 0 Å². The van der Waals surface area contributed by atoms with E-state index < -0.39 is 10.0 Å². The lowest BCUT2D eigenvalue weighted by Gasteiger charge is -2.37. The molecule has 2 unspecified atom stereocenters. The van der Waals surface area contributed by atoms with Crippen LogP contribution in [0.15, 0.2) is 33.9 Å². The topological polar surface area (TPSA) is 88.5 Å². The quantitative estimate of drug-likeness (QED) is 0.815. The first-order valence-corrected chi connectivity index (χ1v) is 12.1. The number of amides is 1. The van der Waals surface area contributed by atoms with Gasteiger partial charge < -0.3 is 9.88 Å². The zero-order valence-corrected chi connectivity index (χ0v) is 17.4. The predicted octanol–water partition coefficient (Wildman–Crippen LogP) is 1.80. The monoisotopic (exact) mass is 421 g/mol.